The van der Waals surface area contributed by atoms with Crippen molar-refractivity contribution in [2.45, 2.75) is 13.0 Å². The van der Waals surface area contributed by atoms with Crippen molar-refractivity contribution in [3.05, 3.63) is 39.9 Å². The van der Waals surface area contributed by atoms with Crippen LogP contribution in [0.4, 0.5) is 10.5 Å². The van der Waals surface area contributed by atoms with Gasteiger partial charge in [-0.3, -0.25) is 10.1 Å². The molecule has 1 amide bonds. The number of ether oxygens (including phenoxy) is 1. The molecule has 1 aromatic carbocycles. The number of nitrogens with zero attached hydrogens (tertiary/aromatic N) is 1. The lowest BCUT2D eigenvalue weighted by atomic mass is 10.2. The molecule has 0 spiro atoms. The minimum atomic E-state index is -1.23. The van der Waals surface area contributed by atoms with Gasteiger partial charge in [0.15, 0.2) is 0 Å². The zero-order valence-corrected chi connectivity index (χ0v) is 10.9. The fourth-order valence-electron chi connectivity index (χ4n) is 1.28. The fraction of sp³-hybridized carbons (Fsp3) is 0.231. The molecule has 1 aromatic rings. The van der Waals surface area contributed by atoms with Crippen molar-refractivity contribution in [3.63, 3.8) is 0 Å². The first-order valence-electron chi connectivity index (χ1n) is 5.85. The number of amides is 1. The predicted molar refractivity (Wildman–Crippen MR) is 71.3 cm³/mol. The van der Waals surface area contributed by atoms with Gasteiger partial charge in [0.05, 0.1) is 4.92 Å². The van der Waals surface area contributed by atoms with Gasteiger partial charge in [0.1, 0.15) is 6.61 Å². The van der Waals surface area contributed by atoms with Crippen LogP contribution in [-0.2, 0) is 16.1 Å². The number of alkyl carbamates (subject to hydrolysis) is 1. The zero-order valence-electron chi connectivity index (χ0n) is 10.9. The smallest absolute Gasteiger partial charge is 0.407 e. The Labute approximate surface area is 119 Å². The van der Waals surface area contributed by atoms with E-state index < -0.39 is 17.0 Å². The maximum atomic E-state index is 11.3. The van der Waals surface area contributed by atoms with E-state index in [1.165, 1.54) is 24.3 Å². The van der Waals surface area contributed by atoms with E-state index in [9.17, 15) is 19.7 Å². The highest BCUT2D eigenvalue weighted by Gasteiger charge is 2.05. The third-order valence-electron chi connectivity index (χ3n) is 2.23. The van der Waals surface area contributed by atoms with Gasteiger partial charge in [-0.05, 0) is 17.7 Å². The summed E-state index contributed by atoms with van der Waals surface area (Å²) in [7, 11) is 0. The molecule has 8 nitrogen and oxygen atoms in total. The zero-order chi connectivity index (χ0) is 15.7. The second kappa shape index (κ2) is 8.16. The van der Waals surface area contributed by atoms with Crippen LogP contribution in [0.1, 0.15) is 12.0 Å². The average molecular weight is 292 g/mol. The fourth-order valence-corrected chi connectivity index (χ4v) is 1.28. The molecular formula is C13H12N2O6. The summed E-state index contributed by atoms with van der Waals surface area (Å²) in [5.41, 5.74) is 0.571. The Hall–Kier alpha value is -3.08. The van der Waals surface area contributed by atoms with Crippen LogP contribution in [0.2, 0.25) is 0 Å². The van der Waals surface area contributed by atoms with Crippen molar-refractivity contribution in [2.24, 2.45) is 0 Å². The number of carboxylic acid groups (broad SMARTS) is 1. The number of nitro groups is 1. The lowest BCUT2D eigenvalue weighted by Gasteiger charge is -2.05. The van der Waals surface area contributed by atoms with Gasteiger partial charge in [-0.2, -0.15) is 0 Å². The molecule has 0 saturated carbocycles. The van der Waals surface area contributed by atoms with Gasteiger partial charge in [0, 0.05) is 31.0 Å². The molecule has 0 bridgehead atoms. The van der Waals surface area contributed by atoms with E-state index in [0.29, 0.717) is 5.56 Å². The highest BCUT2D eigenvalue weighted by Crippen LogP contribution is 2.12. The SMILES string of the molecule is O=C(O)C#CCCNC(=O)OCc1ccc([N+](=O)[O-])cc1. The van der Waals surface area contributed by atoms with E-state index >= 15 is 0 Å². The quantitative estimate of drug-likeness (QED) is 0.365. The maximum absolute atomic E-state index is 11.3. The minimum absolute atomic E-state index is 0.0232. The lowest BCUT2D eigenvalue weighted by molar-refractivity contribution is -0.384. The van der Waals surface area contributed by atoms with Crippen LogP contribution >= 0.6 is 0 Å². The van der Waals surface area contributed by atoms with Crippen molar-refractivity contribution >= 4 is 17.7 Å². The molecule has 0 aliphatic carbocycles. The molecule has 0 heterocycles. The Morgan fingerprint density at radius 3 is 2.57 bits per heavy atom. The van der Waals surface area contributed by atoms with Crippen LogP contribution < -0.4 is 5.32 Å². The average Bonchev–Trinajstić information content (AvgIpc) is 2.44. The van der Waals surface area contributed by atoms with Crippen molar-refractivity contribution in [2.75, 3.05) is 6.54 Å². The molecule has 0 unspecified atom stereocenters. The van der Waals surface area contributed by atoms with Gasteiger partial charge in [-0.25, -0.2) is 9.59 Å². The van der Waals surface area contributed by atoms with E-state index in [1.54, 1.807) is 0 Å². The Morgan fingerprint density at radius 1 is 1.33 bits per heavy atom. The molecule has 0 atom stereocenters. The molecule has 1 rings (SSSR count). The largest absolute Gasteiger partial charge is 0.472 e. The number of rotatable bonds is 5. The van der Waals surface area contributed by atoms with Gasteiger partial charge in [0.2, 0.25) is 0 Å². The van der Waals surface area contributed by atoms with Gasteiger partial charge >= 0.3 is 12.1 Å². The van der Waals surface area contributed by atoms with Gasteiger partial charge < -0.3 is 15.2 Å². The normalized spacial score (nSPS) is 9.14. The summed E-state index contributed by atoms with van der Waals surface area (Å²) in [6.07, 6.45) is -0.482. The molecule has 0 radical (unpaired) electrons. The van der Waals surface area contributed by atoms with Gasteiger partial charge in [-0.15, -0.1) is 0 Å². The van der Waals surface area contributed by atoms with Crippen LogP contribution in [0.15, 0.2) is 24.3 Å². The molecular weight excluding hydrogens is 280 g/mol. The molecule has 0 aromatic heterocycles. The molecule has 110 valence electrons. The van der Waals surface area contributed by atoms with Crippen LogP contribution in [-0.4, -0.2) is 28.6 Å². The lowest BCUT2D eigenvalue weighted by Crippen LogP contribution is -2.24. The summed E-state index contributed by atoms with van der Waals surface area (Å²) >= 11 is 0. The topological polar surface area (TPSA) is 119 Å². The molecule has 0 aliphatic heterocycles. The summed E-state index contributed by atoms with van der Waals surface area (Å²) in [5, 5.41) is 21.1. The highest BCUT2D eigenvalue weighted by atomic mass is 16.6. The number of carboxylic acids is 1. The number of nitro benzene ring substituents is 1. The number of carbonyl (C=O) groups is 2. The van der Waals surface area contributed by atoms with Crippen molar-refractivity contribution in [1.82, 2.24) is 5.32 Å². The van der Waals surface area contributed by atoms with Crippen LogP contribution in [0, 0.1) is 22.0 Å². The second-order valence-electron chi connectivity index (χ2n) is 3.78. The summed E-state index contributed by atoms with van der Waals surface area (Å²) in [4.78, 5) is 31.3. The van der Waals surface area contributed by atoms with E-state index in [2.05, 4.69) is 11.2 Å². The van der Waals surface area contributed by atoms with Crippen LogP contribution in [0.3, 0.4) is 0 Å². The van der Waals surface area contributed by atoms with E-state index in [0.717, 1.165) is 0 Å². The molecule has 0 fully saturated rings. The summed E-state index contributed by atoms with van der Waals surface area (Å²) in [6, 6.07) is 5.61. The van der Waals surface area contributed by atoms with E-state index in [4.69, 9.17) is 9.84 Å². The minimum Gasteiger partial charge on any atom is -0.472 e. The molecule has 0 aliphatic rings. The Kier molecular flexibility index (Phi) is 6.21. The summed E-state index contributed by atoms with van der Waals surface area (Å²) in [6.45, 7) is 0.143. The number of benzene rings is 1. The van der Waals surface area contributed by atoms with Gasteiger partial charge in [-0.1, -0.05) is 5.92 Å². The number of hydrogen-bond donors (Lipinski definition) is 2. The first-order chi connectivity index (χ1) is 9.99. The van der Waals surface area contributed by atoms with Crippen molar-refractivity contribution in [3.8, 4) is 11.8 Å². The number of hydrogen-bond acceptors (Lipinski definition) is 5. The third-order valence-corrected chi connectivity index (χ3v) is 2.23. The van der Waals surface area contributed by atoms with E-state index in [1.807, 2.05) is 5.92 Å². The first kappa shape index (κ1) is 16.0. The number of aliphatic carboxylic acids is 1. The Bertz CT molecular complexity index is 585. The molecule has 8 heteroatoms. The van der Waals surface area contributed by atoms with E-state index in [-0.39, 0.29) is 25.3 Å². The number of nitrogens with one attached hydrogen (secondary N) is 1. The van der Waals surface area contributed by atoms with Gasteiger partial charge in [0.25, 0.3) is 5.69 Å². The Morgan fingerprint density at radius 2 is 2.00 bits per heavy atom. The molecule has 21 heavy (non-hydrogen) atoms. The summed E-state index contributed by atoms with van der Waals surface area (Å²) < 4.78 is 4.87. The maximum Gasteiger partial charge on any atom is 0.407 e. The number of non-ortho nitro benzene ring substituents is 1. The van der Waals surface area contributed by atoms with Crippen LogP contribution in [0.5, 0.6) is 0 Å². The second-order valence-corrected chi connectivity index (χ2v) is 3.78. The van der Waals surface area contributed by atoms with Crippen molar-refractivity contribution in [1.29, 1.82) is 0 Å². The third kappa shape index (κ3) is 6.58. The van der Waals surface area contributed by atoms with Crippen molar-refractivity contribution < 1.29 is 24.4 Å². The van der Waals surface area contributed by atoms with Crippen LogP contribution in [0.25, 0.3) is 0 Å². The monoisotopic (exact) mass is 292 g/mol. The first-order valence-corrected chi connectivity index (χ1v) is 5.85. The standard InChI is InChI=1S/C13H12N2O6/c16-12(17)3-1-2-8-14-13(18)21-9-10-4-6-11(7-5-10)15(19)20/h4-7H,2,8-9H2,(H,14,18)(H,16,17). The predicted octanol–water partition coefficient (Wildman–Crippen LogP) is 1.30. The summed E-state index contributed by atoms with van der Waals surface area (Å²) in [5.74, 6) is 3.03. The molecule has 0 saturated heterocycles. The highest BCUT2D eigenvalue weighted by molar-refractivity contribution is 5.86. The Balaban J connectivity index is 2.28. The number of carbonyl (C=O) groups excluding carboxylic acids is 1. The molecule has 2 N–H and O–H groups in total.